The molecule has 0 bridgehead atoms. The van der Waals surface area contributed by atoms with Crippen molar-refractivity contribution in [3.63, 3.8) is 0 Å². The lowest BCUT2D eigenvalue weighted by molar-refractivity contribution is -0.143. The molecule has 0 fully saturated rings. The van der Waals surface area contributed by atoms with Crippen molar-refractivity contribution in [2.45, 2.75) is 38.3 Å². The molecule has 1 aliphatic heterocycles. The van der Waals surface area contributed by atoms with Crippen molar-refractivity contribution in [1.82, 2.24) is 15.3 Å². The molecule has 2 atom stereocenters. The van der Waals surface area contributed by atoms with E-state index in [9.17, 15) is 9.59 Å². The van der Waals surface area contributed by atoms with E-state index >= 15 is 0 Å². The van der Waals surface area contributed by atoms with Gasteiger partial charge in [0.1, 0.15) is 6.04 Å². The number of aliphatic carboxylic acids is 1. The summed E-state index contributed by atoms with van der Waals surface area (Å²) >= 11 is 0. The van der Waals surface area contributed by atoms with Crippen molar-refractivity contribution in [3.8, 4) is 0 Å². The summed E-state index contributed by atoms with van der Waals surface area (Å²) in [5.74, 6) is -1.08. The number of rotatable bonds is 2. The molecule has 2 aromatic heterocycles. The Hall–Kier alpha value is -3.62. The maximum atomic E-state index is 11.5. The number of hydrogen-bond acceptors (Lipinski definition) is 5. The van der Waals surface area contributed by atoms with Gasteiger partial charge in [0.2, 0.25) is 0 Å². The molecular formula is C27H31N3O5. The third-order valence-electron chi connectivity index (χ3n) is 6.77. The van der Waals surface area contributed by atoms with E-state index in [0.717, 1.165) is 31.0 Å². The molecule has 0 amide bonds. The number of fused-ring (bicyclic) bond motifs is 6. The van der Waals surface area contributed by atoms with Crippen LogP contribution in [0.15, 0.2) is 48.5 Å². The smallest absolute Gasteiger partial charge is 0.323 e. The van der Waals surface area contributed by atoms with Crippen LogP contribution < -0.4 is 5.32 Å². The molecule has 2 aliphatic rings. The number of aliphatic hydroxyl groups excluding tert-OH is 1. The van der Waals surface area contributed by atoms with Crippen LogP contribution in [0, 0.1) is 5.92 Å². The van der Waals surface area contributed by atoms with Crippen molar-refractivity contribution in [2.75, 3.05) is 14.2 Å². The predicted molar refractivity (Wildman–Crippen MR) is 134 cm³/mol. The molecule has 5 N–H and O–H groups in total. The number of carbonyl (C=O) groups excluding carboxylic acids is 1. The summed E-state index contributed by atoms with van der Waals surface area (Å²) in [5, 5.41) is 21.6. The highest BCUT2D eigenvalue weighted by atomic mass is 16.5. The largest absolute Gasteiger partial charge is 0.481 e. The second kappa shape index (κ2) is 10.8. The van der Waals surface area contributed by atoms with Crippen molar-refractivity contribution >= 4 is 33.7 Å². The van der Waals surface area contributed by atoms with Crippen molar-refractivity contribution in [3.05, 3.63) is 71.0 Å². The van der Waals surface area contributed by atoms with Crippen LogP contribution in [0.5, 0.6) is 0 Å². The van der Waals surface area contributed by atoms with Crippen LogP contribution >= 0.6 is 0 Å². The monoisotopic (exact) mass is 477 g/mol. The Kier molecular flexibility index (Phi) is 7.53. The SMILES string of the molecule is CO.COC(=O)[C@H]1Cc2c([nH]c3ccccc23)CN1.O=C(O)[C@@H]1CCc2[nH]c3ccccc3c2C1. The van der Waals surface area contributed by atoms with Gasteiger partial charge in [-0.3, -0.25) is 14.9 Å². The lowest BCUT2D eigenvalue weighted by Gasteiger charge is -2.21. The molecule has 6 rings (SSSR count). The lowest BCUT2D eigenvalue weighted by Crippen LogP contribution is -2.42. The number of hydrogen-bond donors (Lipinski definition) is 5. The predicted octanol–water partition coefficient (Wildman–Crippen LogP) is 3.32. The maximum Gasteiger partial charge on any atom is 0.323 e. The zero-order valence-corrected chi connectivity index (χ0v) is 19.9. The molecule has 184 valence electrons. The Balaban J connectivity index is 0.000000155. The molecule has 0 saturated heterocycles. The number of ether oxygens (including phenoxy) is 1. The third-order valence-corrected chi connectivity index (χ3v) is 6.77. The van der Waals surface area contributed by atoms with E-state index in [1.54, 1.807) is 0 Å². The van der Waals surface area contributed by atoms with Gasteiger partial charge >= 0.3 is 11.9 Å². The van der Waals surface area contributed by atoms with Crippen LogP contribution in [0.4, 0.5) is 0 Å². The normalized spacial score (nSPS) is 18.4. The number of aromatic amines is 2. The summed E-state index contributed by atoms with van der Waals surface area (Å²) in [7, 11) is 2.43. The van der Waals surface area contributed by atoms with Crippen LogP contribution in [-0.2, 0) is 40.1 Å². The van der Waals surface area contributed by atoms with Crippen LogP contribution in [0.25, 0.3) is 21.8 Å². The Morgan fingerprint density at radius 2 is 1.46 bits per heavy atom. The fourth-order valence-electron chi connectivity index (χ4n) is 5.03. The highest BCUT2D eigenvalue weighted by Crippen LogP contribution is 2.31. The standard InChI is InChI=1S/C13H14N2O2.C13H13NO2.CH4O/c1-17-13(16)11-6-9-8-4-2-3-5-10(8)15-12(9)7-14-11;15-13(16)8-5-6-12-10(7-8)9-3-1-2-4-11(9)14-12;1-2/h2-5,11,14-15H,6-7H2,1H3;1-4,8,14H,5-7H2,(H,15,16);2H,1H3/t11-;8-;/m11./s1. The van der Waals surface area contributed by atoms with Gasteiger partial charge in [0.25, 0.3) is 0 Å². The van der Waals surface area contributed by atoms with E-state index in [0.29, 0.717) is 19.4 Å². The van der Waals surface area contributed by atoms with E-state index < -0.39 is 5.97 Å². The van der Waals surface area contributed by atoms with E-state index in [2.05, 4.69) is 33.5 Å². The Bertz CT molecular complexity index is 1340. The summed E-state index contributed by atoms with van der Waals surface area (Å²) in [6, 6.07) is 16.1. The number of carboxylic acids is 1. The lowest BCUT2D eigenvalue weighted by atomic mass is 9.86. The molecular weight excluding hydrogens is 446 g/mol. The van der Waals surface area contributed by atoms with Crippen molar-refractivity contribution < 1.29 is 24.5 Å². The first-order valence-electron chi connectivity index (χ1n) is 11.7. The average Bonchev–Trinajstić information content (AvgIpc) is 3.47. The Morgan fingerprint density at radius 1 is 0.886 bits per heavy atom. The number of para-hydroxylation sites is 2. The number of aromatic nitrogens is 2. The maximum absolute atomic E-state index is 11.5. The molecule has 3 heterocycles. The number of H-pyrrole nitrogens is 2. The average molecular weight is 478 g/mol. The molecule has 35 heavy (non-hydrogen) atoms. The first-order valence-corrected chi connectivity index (χ1v) is 11.7. The minimum atomic E-state index is -0.670. The summed E-state index contributed by atoms with van der Waals surface area (Å²) in [6.07, 6.45) is 2.94. The molecule has 0 spiro atoms. The van der Waals surface area contributed by atoms with E-state index in [1.807, 2.05) is 30.3 Å². The van der Waals surface area contributed by atoms with Gasteiger partial charge in [-0.1, -0.05) is 36.4 Å². The highest BCUT2D eigenvalue weighted by Gasteiger charge is 2.28. The van der Waals surface area contributed by atoms with E-state index in [4.69, 9.17) is 14.9 Å². The number of esters is 1. The fourth-order valence-corrected chi connectivity index (χ4v) is 5.03. The van der Waals surface area contributed by atoms with Gasteiger partial charge in [-0.15, -0.1) is 0 Å². The summed E-state index contributed by atoms with van der Waals surface area (Å²) in [6.45, 7) is 0.684. The van der Waals surface area contributed by atoms with Crippen molar-refractivity contribution in [2.24, 2.45) is 5.92 Å². The van der Waals surface area contributed by atoms with Crippen LogP contribution in [-0.4, -0.2) is 52.4 Å². The summed E-state index contributed by atoms with van der Waals surface area (Å²) < 4.78 is 4.78. The molecule has 0 radical (unpaired) electrons. The van der Waals surface area contributed by atoms with Gasteiger partial charge in [-0.05, 0) is 42.5 Å². The number of aliphatic hydroxyl groups is 1. The third kappa shape index (κ3) is 4.94. The van der Waals surface area contributed by atoms with E-state index in [1.165, 1.54) is 40.4 Å². The number of benzene rings is 2. The van der Waals surface area contributed by atoms with Gasteiger partial charge in [-0.25, -0.2) is 0 Å². The second-order valence-electron chi connectivity index (χ2n) is 8.69. The number of nitrogens with one attached hydrogen (secondary N) is 3. The molecule has 2 aromatic carbocycles. The molecule has 0 unspecified atom stereocenters. The molecule has 8 heteroatoms. The summed E-state index contributed by atoms with van der Waals surface area (Å²) in [5.41, 5.74) is 7.08. The zero-order chi connectivity index (χ0) is 24.9. The van der Waals surface area contributed by atoms with Crippen LogP contribution in [0.2, 0.25) is 0 Å². The number of carbonyl (C=O) groups is 2. The van der Waals surface area contributed by atoms with Gasteiger partial charge in [-0.2, -0.15) is 0 Å². The van der Waals surface area contributed by atoms with Crippen LogP contribution in [0.1, 0.15) is 28.9 Å². The fraction of sp³-hybridized carbons (Fsp3) is 0.333. The molecule has 4 aromatic rings. The van der Waals surface area contributed by atoms with Crippen molar-refractivity contribution in [1.29, 1.82) is 0 Å². The minimum Gasteiger partial charge on any atom is -0.481 e. The Morgan fingerprint density at radius 3 is 2.06 bits per heavy atom. The first kappa shape index (κ1) is 24.5. The number of carboxylic acid groups (broad SMARTS) is 1. The van der Waals surface area contributed by atoms with Gasteiger partial charge in [0.05, 0.1) is 13.0 Å². The summed E-state index contributed by atoms with van der Waals surface area (Å²) in [4.78, 5) is 29.3. The van der Waals surface area contributed by atoms with E-state index in [-0.39, 0.29) is 17.9 Å². The quantitative estimate of drug-likeness (QED) is 0.282. The first-order chi connectivity index (χ1) is 17.0. The number of aryl methyl sites for hydroxylation is 1. The molecule has 8 nitrogen and oxygen atoms in total. The van der Waals surface area contributed by atoms with Crippen LogP contribution in [0.3, 0.4) is 0 Å². The van der Waals surface area contributed by atoms with Gasteiger partial charge < -0.3 is 24.9 Å². The van der Waals surface area contributed by atoms with Gasteiger partial charge in [0.15, 0.2) is 0 Å². The zero-order valence-electron chi connectivity index (χ0n) is 19.9. The number of methoxy groups -OCH3 is 1. The topological polar surface area (TPSA) is 127 Å². The second-order valence-corrected chi connectivity index (χ2v) is 8.69. The Labute approximate surface area is 203 Å². The van der Waals surface area contributed by atoms with Gasteiger partial charge in [0, 0.05) is 53.3 Å². The minimum absolute atomic E-state index is 0.194. The highest BCUT2D eigenvalue weighted by molar-refractivity contribution is 5.87. The molecule has 0 saturated carbocycles. The molecule has 1 aliphatic carbocycles.